The first kappa shape index (κ1) is 14.4. The maximum absolute atomic E-state index is 13.1. The number of likely N-dealkylation sites (N-methyl/N-ethyl adjacent to an activating group) is 1. The van der Waals surface area contributed by atoms with Crippen LogP contribution in [0.4, 0.5) is 0 Å². The number of nitrogens with zero attached hydrogens (tertiary/aromatic N) is 1. The normalized spacial score (nSPS) is 37.8. The first-order valence-corrected chi connectivity index (χ1v) is 8.42. The van der Waals surface area contributed by atoms with Gasteiger partial charge < -0.3 is 24.1 Å². The first-order valence-electron chi connectivity index (χ1n) is 8.42. The third kappa shape index (κ3) is 1.44. The molecule has 0 saturated carbocycles. The second kappa shape index (κ2) is 4.35. The van der Waals surface area contributed by atoms with Crippen molar-refractivity contribution in [3.63, 3.8) is 0 Å². The molecular weight excluding hydrogens is 306 g/mol. The number of hydrogen-bond donors (Lipinski definition) is 0. The highest BCUT2D eigenvalue weighted by Gasteiger charge is 2.64. The zero-order valence-electron chi connectivity index (χ0n) is 14.2. The number of hydrogen-bond acceptors (Lipinski definition) is 4. The fourth-order valence-electron chi connectivity index (χ4n) is 5.24. The molecule has 5 nitrogen and oxygen atoms in total. The number of likely N-dealkylation sites (tertiary alicyclic amines) is 1. The molecule has 24 heavy (non-hydrogen) atoms. The number of quaternary nitrogens is 1. The van der Waals surface area contributed by atoms with E-state index in [1.165, 1.54) is 16.7 Å². The van der Waals surface area contributed by atoms with Crippen LogP contribution in [-0.2, 0) is 16.6 Å². The van der Waals surface area contributed by atoms with E-state index in [0.29, 0.717) is 6.54 Å². The fraction of sp³-hybridized carbons (Fsp3) is 0.474. The van der Waals surface area contributed by atoms with Crippen molar-refractivity contribution in [2.24, 2.45) is 0 Å². The average Bonchev–Trinajstić information content (AvgIpc) is 2.93. The van der Waals surface area contributed by atoms with Gasteiger partial charge in [-0.05, 0) is 17.7 Å². The van der Waals surface area contributed by atoms with E-state index in [-0.39, 0.29) is 22.2 Å². The summed E-state index contributed by atoms with van der Waals surface area (Å²) >= 11 is 0. The third-order valence-electron chi connectivity index (χ3n) is 6.38. The van der Waals surface area contributed by atoms with Gasteiger partial charge in [0.15, 0.2) is 17.6 Å². The lowest BCUT2D eigenvalue weighted by Gasteiger charge is -2.58. The molecule has 1 aromatic carbocycles. The smallest absolute Gasteiger partial charge is 0.169 e. The maximum atomic E-state index is 13.1. The number of allylic oxidation sites excluding steroid dienone is 2. The molecule has 126 valence electrons. The van der Waals surface area contributed by atoms with Gasteiger partial charge in [0.25, 0.3) is 0 Å². The Kier molecular flexibility index (Phi) is 2.60. The Morgan fingerprint density at radius 1 is 1.25 bits per heavy atom. The molecule has 2 heterocycles. The van der Waals surface area contributed by atoms with E-state index in [1.54, 1.807) is 21.3 Å². The molecular formula is C19H21NO4. The molecule has 2 aliphatic carbocycles. The number of methoxy groups -OCH3 is 2. The van der Waals surface area contributed by atoms with Crippen LogP contribution in [0.25, 0.3) is 0 Å². The van der Waals surface area contributed by atoms with Gasteiger partial charge in [0, 0.05) is 24.0 Å². The fourth-order valence-corrected chi connectivity index (χ4v) is 5.24. The van der Waals surface area contributed by atoms with Crippen molar-refractivity contribution in [1.29, 1.82) is 0 Å². The van der Waals surface area contributed by atoms with E-state index in [0.717, 1.165) is 30.1 Å². The molecule has 1 saturated heterocycles. The molecule has 5 rings (SSSR count). The minimum absolute atomic E-state index is 0.0497. The Morgan fingerprint density at radius 2 is 2.08 bits per heavy atom. The van der Waals surface area contributed by atoms with Crippen LogP contribution >= 0.6 is 0 Å². The number of hydroxylamine groups is 3. The molecule has 2 bridgehead atoms. The molecule has 1 spiro atoms. The summed E-state index contributed by atoms with van der Waals surface area (Å²) in [5, 5.41) is 13.1. The largest absolute Gasteiger partial charge is 0.633 e. The number of benzene rings is 1. The van der Waals surface area contributed by atoms with E-state index in [4.69, 9.17) is 14.2 Å². The van der Waals surface area contributed by atoms with E-state index in [9.17, 15) is 5.21 Å². The van der Waals surface area contributed by atoms with Crippen molar-refractivity contribution >= 4 is 0 Å². The van der Waals surface area contributed by atoms with Crippen LogP contribution in [0.3, 0.4) is 0 Å². The molecule has 0 radical (unpaired) electrons. The summed E-state index contributed by atoms with van der Waals surface area (Å²) in [6, 6.07) is 4.01. The third-order valence-corrected chi connectivity index (χ3v) is 6.38. The monoisotopic (exact) mass is 327 g/mol. The second-order valence-electron chi connectivity index (χ2n) is 7.36. The highest BCUT2D eigenvalue weighted by molar-refractivity contribution is 5.67. The lowest BCUT2D eigenvalue weighted by atomic mass is 9.57. The molecule has 5 heteroatoms. The first-order chi connectivity index (χ1) is 11.5. The molecule has 1 fully saturated rings. The Labute approximate surface area is 141 Å². The highest BCUT2D eigenvalue weighted by Crippen LogP contribution is 2.63. The summed E-state index contributed by atoms with van der Waals surface area (Å²) < 4.78 is 17.4. The second-order valence-corrected chi connectivity index (χ2v) is 7.36. The molecule has 4 aliphatic rings. The van der Waals surface area contributed by atoms with Gasteiger partial charge in [0.05, 0.1) is 33.2 Å². The van der Waals surface area contributed by atoms with Crippen LogP contribution < -0.4 is 9.47 Å². The van der Waals surface area contributed by atoms with Gasteiger partial charge in [-0.2, -0.15) is 0 Å². The number of piperidine rings is 1. The van der Waals surface area contributed by atoms with Crippen LogP contribution in [0.15, 0.2) is 35.6 Å². The topological polar surface area (TPSA) is 50.8 Å². The van der Waals surface area contributed by atoms with Gasteiger partial charge in [-0.1, -0.05) is 12.1 Å². The van der Waals surface area contributed by atoms with Crippen LogP contribution in [0.1, 0.15) is 17.5 Å². The summed E-state index contributed by atoms with van der Waals surface area (Å²) in [6.45, 7) is 0.592. The van der Waals surface area contributed by atoms with Gasteiger partial charge in [-0.3, -0.25) is 0 Å². The Morgan fingerprint density at radius 3 is 2.83 bits per heavy atom. The Bertz CT molecular complexity index is 810. The predicted molar refractivity (Wildman–Crippen MR) is 88.8 cm³/mol. The molecule has 4 atom stereocenters. The highest BCUT2D eigenvalue weighted by atomic mass is 16.6. The van der Waals surface area contributed by atoms with Crippen molar-refractivity contribution in [2.45, 2.75) is 30.4 Å². The molecule has 0 N–H and O–H groups in total. The van der Waals surface area contributed by atoms with Gasteiger partial charge in [0.1, 0.15) is 11.8 Å². The van der Waals surface area contributed by atoms with Crippen LogP contribution in [0.5, 0.6) is 11.5 Å². The number of ether oxygens (including phenoxy) is 3. The summed E-state index contributed by atoms with van der Waals surface area (Å²) in [5.41, 5.74) is 3.37. The van der Waals surface area contributed by atoms with Crippen LogP contribution in [0, 0.1) is 5.21 Å². The van der Waals surface area contributed by atoms with Crippen molar-refractivity contribution in [3.8, 4) is 11.5 Å². The van der Waals surface area contributed by atoms with Gasteiger partial charge in [0.2, 0.25) is 0 Å². The summed E-state index contributed by atoms with van der Waals surface area (Å²) in [6.07, 6.45) is 5.41. The summed E-state index contributed by atoms with van der Waals surface area (Å²) in [5.74, 6) is 2.41. The summed E-state index contributed by atoms with van der Waals surface area (Å²) in [4.78, 5) is 0. The minimum atomic E-state index is -0.273. The average molecular weight is 327 g/mol. The van der Waals surface area contributed by atoms with Crippen molar-refractivity contribution in [3.05, 3.63) is 52.0 Å². The van der Waals surface area contributed by atoms with Crippen molar-refractivity contribution in [2.75, 3.05) is 27.8 Å². The van der Waals surface area contributed by atoms with E-state index >= 15 is 0 Å². The van der Waals surface area contributed by atoms with Crippen LogP contribution in [0.2, 0.25) is 0 Å². The molecule has 1 unspecified atom stereocenters. The lowest BCUT2D eigenvalue weighted by molar-refractivity contribution is -0.886. The molecule has 2 aliphatic heterocycles. The maximum Gasteiger partial charge on any atom is 0.169 e. The van der Waals surface area contributed by atoms with Crippen molar-refractivity contribution in [1.82, 2.24) is 0 Å². The number of rotatable bonds is 2. The zero-order chi connectivity index (χ0) is 16.7. The standard InChI is InChI=1S/C19H21NO4/c1-20(21)9-8-19-12-5-7-15(23-3)18(19)24-17-14(22-2)6-4-11(16(17)19)10-13(12)20/h4-7,13,18H,8-10H2,1-3H3/t13-,18+,19+,20?/m1/s1. The Hall–Kier alpha value is -1.98. The lowest BCUT2D eigenvalue weighted by Crippen LogP contribution is -2.64. The van der Waals surface area contributed by atoms with Crippen molar-refractivity contribution < 1.29 is 18.9 Å². The Balaban J connectivity index is 1.84. The van der Waals surface area contributed by atoms with Gasteiger partial charge >= 0.3 is 0 Å². The molecule has 0 aromatic heterocycles. The predicted octanol–water partition coefficient (Wildman–Crippen LogP) is 2.44. The van der Waals surface area contributed by atoms with Crippen LogP contribution in [-0.4, -0.2) is 44.6 Å². The molecule has 1 aromatic rings. The summed E-state index contributed by atoms with van der Waals surface area (Å²) in [7, 11) is 5.15. The van der Waals surface area contributed by atoms with E-state index < -0.39 is 0 Å². The van der Waals surface area contributed by atoms with Gasteiger partial charge in [-0.25, -0.2) is 0 Å². The molecule has 0 amide bonds. The SMILES string of the molecule is COC1=CC=C2[C@H]3Cc4ccc(OC)c5c4[C@@]2(CC[N+]3(C)[O-])[C@H]1O5. The van der Waals surface area contributed by atoms with E-state index in [1.807, 2.05) is 12.1 Å². The quantitative estimate of drug-likeness (QED) is 0.618. The zero-order valence-corrected chi connectivity index (χ0v) is 14.2. The van der Waals surface area contributed by atoms with E-state index in [2.05, 4.69) is 12.1 Å². The minimum Gasteiger partial charge on any atom is -0.633 e. The van der Waals surface area contributed by atoms with Gasteiger partial charge in [-0.15, -0.1) is 0 Å².